The van der Waals surface area contributed by atoms with Crippen molar-refractivity contribution in [2.75, 3.05) is 20.2 Å². The van der Waals surface area contributed by atoms with E-state index in [2.05, 4.69) is 0 Å². The molecule has 0 N–H and O–H groups in total. The van der Waals surface area contributed by atoms with Gasteiger partial charge in [0.1, 0.15) is 18.1 Å². The summed E-state index contributed by atoms with van der Waals surface area (Å²) in [6, 6.07) is 12.8. The third-order valence-corrected chi connectivity index (χ3v) is 4.88. The van der Waals surface area contributed by atoms with E-state index >= 15 is 0 Å². The Morgan fingerprint density at radius 3 is 2.38 bits per heavy atom. The molecule has 3 rings (SSSR count). The number of benzene rings is 2. The normalized spacial score (nSPS) is 14.6. The van der Waals surface area contributed by atoms with Gasteiger partial charge in [-0.1, -0.05) is 24.4 Å². The van der Waals surface area contributed by atoms with E-state index in [-0.39, 0.29) is 5.91 Å². The zero-order valence-electron chi connectivity index (χ0n) is 15.0. The first-order valence-electron chi connectivity index (χ1n) is 9.02. The maximum Gasteiger partial charge on any atom is 0.253 e. The van der Waals surface area contributed by atoms with Crippen molar-refractivity contribution in [1.82, 2.24) is 4.90 Å². The van der Waals surface area contributed by atoms with Crippen LogP contribution in [0.25, 0.3) is 0 Å². The van der Waals surface area contributed by atoms with Crippen LogP contribution >= 0.6 is 11.6 Å². The molecule has 1 aliphatic rings. The summed E-state index contributed by atoms with van der Waals surface area (Å²) in [5.41, 5.74) is 1.53. The second kappa shape index (κ2) is 8.95. The molecule has 1 heterocycles. The number of rotatable bonds is 5. The number of halogens is 1. The quantitative estimate of drug-likeness (QED) is 0.744. The van der Waals surface area contributed by atoms with Crippen LogP contribution in [0.2, 0.25) is 5.02 Å². The van der Waals surface area contributed by atoms with E-state index in [1.807, 2.05) is 35.2 Å². The van der Waals surface area contributed by atoms with Gasteiger partial charge in [0, 0.05) is 29.2 Å². The lowest BCUT2D eigenvalue weighted by atomic mass is 10.1. The van der Waals surface area contributed by atoms with E-state index in [0.29, 0.717) is 22.9 Å². The molecule has 0 saturated carbocycles. The van der Waals surface area contributed by atoms with Gasteiger partial charge in [-0.2, -0.15) is 0 Å². The Balaban J connectivity index is 1.74. The SMILES string of the molecule is COc1ccc(C(=O)N2CCCCCC2)cc1COc1ccc(Cl)cc1. The number of likely N-dealkylation sites (tertiary alicyclic amines) is 1. The van der Waals surface area contributed by atoms with Crippen molar-refractivity contribution in [1.29, 1.82) is 0 Å². The summed E-state index contributed by atoms with van der Waals surface area (Å²) in [5, 5.41) is 0.667. The van der Waals surface area contributed by atoms with E-state index in [1.54, 1.807) is 19.2 Å². The molecule has 0 aromatic heterocycles. The van der Waals surface area contributed by atoms with Crippen molar-refractivity contribution in [3.63, 3.8) is 0 Å². The first-order chi connectivity index (χ1) is 12.7. The molecule has 2 aromatic carbocycles. The van der Waals surface area contributed by atoms with Gasteiger partial charge in [0.25, 0.3) is 5.91 Å². The van der Waals surface area contributed by atoms with Crippen LogP contribution in [0.3, 0.4) is 0 Å². The van der Waals surface area contributed by atoms with Gasteiger partial charge in [-0.05, 0) is 55.3 Å². The minimum absolute atomic E-state index is 0.0855. The molecule has 1 saturated heterocycles. The van der Waals surface area contributed by atoms with Gasteiger partial charge >= 0.3 is 0 Å². The standard InChI is InChI=1S/C21H24ClNO3/c1-25-20-11-6-16(21(24)23-12-4-2-3-5-13-23)14-17(20)15-26-19-9-7-18(22)8-10-19/h6-11,14H,2-5,12-13,15H2,1H3. The third-order valence-electron chi connectivity index (χ3n) is 4.63. The molecular formula is C21H24ClNO3. The smallest absolute Gasteiger partial charge is 0.253 e. The number of amides is 1. The molecule has 4 nitrogen and oxygen atoms in total. The fourth-order valence-corrected chi connectivity index (χ4v) is 3.30. The van der Waals surface area contributed by atoms with Gasteiger partial charge in [0.15, 0.2) is 0 Å². The van der Waals surface area contributed by atoms with Crippen LogP contribution in [-0.4, -0.2) is 31.0 Å². The zero-order chi connectivity index (χ0) is 18.4. The van der Waals surface area contributed by atoms with E-state index in [9.17, 15) is 4.79 Å². The summed E-state index contributed by atoms with van der Waals surface area (Å²) in [5.74, 6) is 1.52. The Bertz CT molecular complexity index is 737. The predicted molar refractivity (Wildman–Crippen MR) is 103 cm³/mol. The largest absolute Gasteiger partial charge is 0.496 e. The lowest BCUT2D eigenvalue weighted by Gasteiger charge is -2.21. The van der Waals surface area contributed by atoms with Gasteiger partial charge < -0.3 is 14.4 Å². The fraction of sp³-hybridized carbons (Fsp3) is 0.381. The molecule has 5 heteroatoms. The van der Waals surface area contributed by atoms with Crippen molar-refractivity contribution in [2.45, 2.75) is 32.3 Å². The predicted octanol–water partition coefficient (Wildman–Crippen LogP) is 4.94. The summed E-state index contributed by atoms with van der Waals surface area (Å²) in [4.78, 5) is 14.8. The highest BCUT2D eigenvalue weighted by molar-refractivity contribution is 6.30. The highest BCUT2D eigenvalue weighted by Crippen LogP contribution is 2.24. The van der Waals surface area contributed by atoms with Crippen LogP contribution < -0.4 is 9.47 Å². The summed E-state index contributed by atoms with van der Waals surface area (Å²) < 4.78 is 11.3. The molecule has 0 aliphatic carbocycles. The molecule has 138 valence electrons. The molecule has 1 fully saturated rings. The van der Waals surface area contributed by atoms with Crippen LogP contribution in [0, 0.1) is 0 Å². The Kier molecular flexibility index (Phi) is 6.40. The Morgan fingerprint density at radius 1 is 1.04 bits per heavy atom. The van der Waals surface area contributed by atoms with Crippen molar-refractivity contribution in [3.05, 3.63) is 58.6 Å². The molecule has 26 heavy (non-hydrogen) atoms. The minimum atomic E-state index is 0.0855. The molecule has 0 atom stereocenters. The average Bonchev–Trinajstić information content (AvgIpc) is 2.96. The highest BCUT2D eigenvalue weighted by atomic mass is 35.5. The molecule has 0 bridgehead atoms. The number of carbonyl (C=O) groups is 1. The highest BCUT2D eigenvalue weighted by Gasteiger charge is 2.18. The van der Waals surface area contributed by atoms with Crippen molar-refractivity contribution >= 4 is 17.5 Å². The molecule has 1 aliphatic heterocycles. The minimum Gasteiger partial charge on any atom is -0.496 e. The summed E-state index contributed by atoms with van der Waals surface area (Å²) >= 11 is 5.90. The maximum atomic E-state index is 12.8. The van der Waals surface area contributed by atoms with Crippen molar-refractivity contribution < 1.29 is 14.3 Å². The Morgan fingerprint density at radius 2 is 1.73 bits per heavy atom. The number of methoxy groups -OCH3 is 1. The second-order valence-electron chi connectivity index (χ2n) is 6.48. The van der Waals surface area contributed by atoms with Crippen LogP contribution in [0.1, 0.15) is 41.6 Å². The third kappa shape index (κ3) is 4.70. The summed E-state index contributed by atoms with van der Waals surface area (Å²) in [6.45, 7) is 1.99. The molecule has 2 aromatic rings. The Hall–Kier alpha value is -2.20. The van der Waals surface area contributed by atoms with E-state index in [4.69, 9.17) is 21.1 Å². The number of hydrogen-bond donors (Lipinski definition) is 0. The molecule has 0 spiro atoms. The lowest BCUT2D eigenvalue weighted by Crippen LogP contribution is -2.31. The first kappa shape index (κ1) is 18.6. The zero-order valence-corrected chi connectivity index (χ0v) is 15.8. The van der Waals surface area contributed by atoms with E-state index in [0.717, 1.165) is 37.2 Å². The number of carbonyl (C=O) groups excluding carboxylic acids is 1. The summed E-state index contributed by atoms with van der Waals surface area (Å²) in [6.07, 6.45) is 4.56. The van der Waals surface area contributed by atoms with Gasteiger partial charge in [0.05, 0.1) is 7.11 Å². The first-order valence-corrected chi connectivity index (χ1v) is 9.40. The van der Waals surface area contributed by atoms with Gasteiger partial charge in [-0.25, -0.2) is 0 Å². The fourth-order valence-electron chi connectivity index (χ4n) is 3.17. The summed E-state index contributed by atoms with van der Waals surface area (Å²) in [7, 11) is 1.62. The van der Waals surface area contributed by atoms with Gasteiger partial charge in [-0.15, -0.1) is 0 Å². The molecule has 0 radical (unpaired) electrons. The van der Waals surface area contributed by atoms with Gasteiger partial charge in [0.2, 0.25) is 0 Å². The molecular weight excluding hydrogens is 350 g/mol. The molecule has 1 amide bonds. The number of nitrogens with zero attached hydrogens (tertiary/aromatic N) is 1. The number of ether oxygens (including phenoxy) is 2. The Labute approximate surface area is 159 Å². The van der Waals surface area contributed by atoms with E-state index < -0.39 is 0 Å². The van der Waals surface area contributed by atoms with Crippen LogP contribution in [0.15, 0.2) is 42.5 Å². The maximum absolute atomic E-state index is 12.8. The van der Waals surface area contributed by atoms with Crippen LogP contribution in [0.5, 0.6) is 11.5 Å². The van der Waals surface area contributed by atoms with Crippen LogP contribution in [-0.2, 0) is 6.61 Å². The average molecular weight is 374 g/mol. The lowest BCUT2D eigenvalue weighted by molar-refractivity contribution is 0.0761. The van der Waals surface area contributed by atoms with Crippen LogP contribution in [0.4, 0.5) is 0 Å². The van der Waals surface area contributed by atoms with Crippen molar-refractivity contribution in [3.8, 4) is 11.5 Å². The second-order valence-corrected chi connectivity index (χ2v) is 6.91. The van der Waals surface area contributed by atoms with Gasteiger partial charge in [-0.3, -0.25) is 4.79 Å². The topological polar surface area (TPSA) is 38.8 Å². The van der Waals surface area contributed by atoms with E-state index in [1.165, 1.54) is 12.8 Å². The van der Waals surface area contributed by atoms with Crippen molar-refractivity contribution in [2.24, 2.45) is 0 Å². The monoisotopic (exact) mass is 373 g/mol. The number of hydrogen-bond acceptors (Lipinski definition) is 3. The molecule has 0 unspecified atom stereocenters.